The molecule has 2 aliphatic heterocycles. The van der Waals surface area contributed by atoms with E-state index in [-0.39, 0.29) is 17.4 Å². The largest absolute Gasteiger partial charge is 0.507 e. The fourth-order valence-corrected chi connectivity index (χ4v) is 6.42. The highest BCUT2D eigenvalue weighted by Crippen LogP contribution is 2.45. The van der Waals surface area contributed by atoms with Crippen LogP contribution in [0.3, 0.4) is 0 Å². The van der Waals surface area contributed by atoms with Gasteiger partial charge in [-0.25, -0.2) is 4.98 Å². The number of rotatable bonds is 9. The quantitative estimate of drug-likeness (QED) is 0.0997. The Bertz CT molecular complexity index is 1690. The van der Waals surface area contributed by atoms with Crippen molar-refractivity contribution in [3.05, 3.63) is 82.9 Å². The van der Waals surface area contributed by atoms with Crippen molar-refractivity contribution in [2.75, 3.05) is 18.1 Å². The van der Waals surface area contributed by atoms with Crippen molar-refractivity contribution in [1.82, 2.24) is 4.98 Å². The third kappa shape index (κ3) is 5.09. The second-order valence-electron chi connectivity index (χ2n) is 10.5. The van der Waals surface area contributed by atoms with Gasteiger partial charge < -0.3 is 19.3 Å². The summed E-state index contributed by atoms with van der Waals surface area (Å²) in [6, 6.07) is 17.3. The summed E-state index contributed by atoms with van der Waals surface area (Å²) < 4.78 is 18.1. The minimum Gasteiger partial charge on any atom is -0.507 e. The van der Waals surface area contributed by atoms with Gasteiger partial charge in [-0.15, -0.1) is 0 Å². The van der Waals surface area contributed by atoms with Crippen LogP contribution in [0.25, 0.3) is 16.0 Å². The fourth-order valence-electron chi connectivity index (χ4n) is 5.40. The summed E-state index contributed by atoms with van der Waals surface area (Å²) in [6.07, 6.45) is 2.69. The molecule has 216 valence electrons. The van der Waals surface area contributed by atoms with E-state index in [4.69, 9.17) is 19.2 Å². The number of Topliss-reactive ketones (excluding diaryl/α,β-unsaturated/α-hetero) is 1. The third-order valence-corrected chi connectivity index (χ3v) is 8.46. The van der Waals surface area contributed by atoms with Crippen LogP contribution in [-0.2, 0) is 16.0 Å². The molecule has 9 heteroatoms. The third-order valence-electron chi connectivity index (χ3n) is 7.44. The van der Waals surface area contributed by atoms with E-state index >= 15 is 0 Å². The Labute approximate surface area is 248 Å². The normalized spacial score (nSPS) is 19.3. The first-order chi connectivity index (χ1) is 20.4. The van der Waals surface area contributed by atoms with Crippen LogP contribution in [0.2, 0.25) is 0 Å². The molecule has 6 rings (SSSR count). The smallest absolute Gasteiger partial charge is 0.301 e. The second-order valence-corrected chi connectivity index (χ2v) is 11.5. The number of benzene rings is 3. The van der Waals surface area contributed by atoms with Crippen LogP contribution < -0.4 is 19.1 Å². The molecule has 0 saturated carbocycles. The molecule has 1 saturated heterocycles. The number of nitrogens with zero attached hydrogens (tertiary/aromatic N) is 2. The van der Waals surface area contributed by atoms with Crippen molar-refractivity contribution in [3.63, 3.8) is 0 Å². The first kappa shape index (κ1) is 27.8. The van der Waals surface area contributed by atoms with E-state index < -0.39 is 17.7 Å². The number of carbonyl (C=O) groups excluding carboxylic acids is 2. The van der Waals surface area contributed by atoms with E-state index in [2.05, 4.69) is 6.92 Å². The molecule has 8 nitrogen and oxygen atoms in total. The molecular formula is C33H32N2O6S. The maximum absolute atomic E-state index is 13.7. The van der Waals surface area contributed by atoms with Crippen molar-refractivity contribution >= 4 is 44.1 Å². The van der Waals surface area contributed by atoms with E-state index in [9.17, 15) is 14.7 Å². The van der Waals surface area contributed by atoms with Gasteiger partial charge in [0.1, 0.15) is 29.1 Å². The van der Waals surface area contributed by atoms with Crippen LogP contribution >= 0.6 is 11.3 Å². The number of hydrogen-bond donors (Lipinski definition) is 1. The number of aliphatic hydroxyl groups excluding tert-OH is 1. The molecule has 1 N–H and O–H groups in total. The number of ketones is 1. The summed E-state index contributed by atoms with van der Waals surface area (Å²) in [4.78, 5) is 33.5. The molecular weight excluding hydrogens is 552 g/mol. The van der Waals surface area contributed by atoms with Crippen molar-refractivity contribution in [1.29, 1.82) is 0 Å². The Morgan fingerprint density at radius 1 is 1.05 bits per heavy atom. The van der Waals surface area contributed by atoms with E-state index in [1.165, 1.54) is 16.2 Å². The summed E-state index contributed by atoms with van der Waals surface area (Å²) in [5, 5.41) is 12.0. The lowest BCUT2D eigenvalue weighted by atomic mass is 9.94. The summed E-state index contributed by atoms with van der Waals surface area (Å²) in [5.41, 5.74) is 2.76. The predicted molar refractivity (Wildman–Crippen MR) is 163 cm³/mol. The lowest BCUT2D eigenvalue weighted by Gasteiger charge is -2.23. The molecule has 3 aromatic carbocycles. The summed E-state index contributed by atoms with van der Waals surface area (Å²) in [7, 11) is 0. The zero-order valence-electron chi connectivity index (χ0n) is 23.8. The first-order valence-electron chi connectivity index (χ1n) is 14.2. The summed E-state index contributed by atoms with van der Waals surface area (Å²) >= 11 is 1.30. The van der Waals surface area contributed by atoms with Gasteiger partial charge in [0.15, 0.2) is 5.13 Å². The fraction of sp³-hybridized carbons (Fsp3) is 0.303. The minimum absolute atomic E-state index is 0.0147. The zero-order chi connectivity index (χ0) is 29.4. The lowest BCUT2D eigenvalue weighted by Crippen LogP contribution is -2.29. The Hall–Kier alpha value is -4.37. The van der Waals surface area contributed by atoms with Gasteiger partial charge in [0.25, 0.3) is 5.78 Å². The predicted octanol–water partition coefficient (Wildman–Crippen LogP) is 6.82. The zero-order valence-corrected chi connectivity index (χ0v) is 24.6. The molecule has 3 heterocycles. The van der Waals surface area contributed by atoms with Gasteiger partial charge in [-0.3, -0.25) is 14.5 Å². The molecule has 2 aliphatic rings. The number of aliphatic hydroxyl groups is 1. The minimum atomic E-state index is -0.884. The number of hydrogen-bond acceptors (Lipinski definition) is 8. The SMILES string of the molecule is CCCCOc1ccc([C@@H]2/C(=C(\O)c3ccc4c(c3)C[C@@H](C)O4)C(=O)C(=O)N2c2nc3ccc(OCC)cc3s2)cc1. The average Bonchev–Trinajstić information content (AvgIpc) is 3.65. The molecule has 0 aliphatic carbocycles. The molecule has 0 bridgehead atoms. The number of fused-ring (bicyclic) bond motifs is 2. The maximum Gasteiger partial charge on any atom is 0.301 e. The standard InChI is InChI=1S/C33H32N2O6S/c1-4-6-15-40-23-10-7-20(8-11-23)29-28(30(36)21-9-14-26-22(17-21)16-19(3)41-26)31(37)32(38)35(29)33-34-25-13-12-24(39-5-2)18-27(25)42-33/h7-14,17-19,29,36H,4-6,15-16H2,1-3H3/b30-28+/t19-,29-/m1/s1. The monoisotopic (exact) mass is 584 g/mol. The Morgan fingerprint density at radius 2 is 1.83 bits per heavy atom. The number of unbranched alkanes of at least 4 members (excludes halogenated alkanes) is 1. The molecule has 1 aromatic heterocycles. The lowest BCUT2D eigenvalue weighted by molar-refractivity contribution is -0.132. The van der Waals surface area contributed by atoms with Crippen molar-refractivity contribution in [2.24, 2.45) is 0 Å². The van der Waals surface area contributed by atoms with Crippen LogP contribution in [0.15, 0.2) is 66.2 Å². The highest BCUT2D eigenvalue weighted by molar-refractivity contribution is 7.22. The van der Waals surface area contributed by atoms with Crippen LogP contribution in [0.1, 0.15) is 56.3 Å². The summed E-state index contributed by atoms with van der Waals surface area (Å²) in [6.45, 7) is 7.12. The molecule has 0 unspecified atom stereocenters. The van der Waals surface area contributed by atoms with E-state index in [0.717, 1.165) is 28.9 Å². The highest BCUT2D eigenvalue weighted by atomic mass is 32.1. The molecule has 0 radical (unpaired) electrons. The molecule has 4 aromatic rings. The molecule has 1 amide bonds. The Balaban J connectivity index is 1.46. The molecule has 2 atom stereocenters. The topological polar surface area (TPSA) is 98.2 Å². The number of thiazole rings is 1. The van der Waals surface area contributed by atoms with Crippen molar-refractivity contribution in [3.8, 4) is 17.2 Å². The van der Waals surface area contributed by atoms with E-state index in [0.29, 0.717) is 52.9 Å². The van der Waals surface area contributed by atoms with Crippen LogP contribution in [0.5, 0.6) is 17.2 Å². The van der Waals surface area contributed by atoms with Gasteiger partial charge in [-0.2, -0.15) is 0 Å². The second kappa shape index (κ2) is 11.5. The van der Waals surface area contributed by atoms with E-state index in [1.807, 2.05) is 62.4 Å². The van der Waals surface area contributed by atoms with Gasteiger partial charge in [0.05, 0.1) is 35.0 Å². The van der Waals surface area contributed by atoms with Crippen molar-refractivity contribution in [2.45, 2.75) is 52.2 Å². The number of ether oxygens (including phenoxy) is 3. The number of anilines is 1. The highest BCUT2D eigenvalue weighted by Gasteiger charge is 2.48. The van der Waals surface area contributed by atoms with Gasteiger partial charge in [0.2, 0.25) is 0 Å². The van der Waals surface area contributed by atoms with Crippen LogP contribution in [0.4, 0.5) is 5.13 Å². The van der Waals surface area contributed by atoms with Crippen molar-refractivity contribution < 1.29 is 28.9 Å². The number of carbonyl (C=O) groups is 2. The summed E-state index contributed by atoms with van der Waals surface area (Å²) in [5.74, 6) is 0.418. The number of amides is 1. The Morgan fingerprint density at radius 3 is 2.60 bits per heavy atom. The molecule has 1 fully saturated rings. The average molecular weight is 585 g/mol. The van der Waals surface area contributed by atoms with E-state index in [1.54, 1.807) is 12.1 Å². The number of aromatic nitrogens is 1. The van der Waals surface area contributed by atoms with Crippen LogP contribution in [-0.4, -0.2) is 41.1 Å². The Kier molecular flexibility index (Phi) is 7.60. The first-order valence-corrected chi connectivity index (χ1v) is 15.1. The molecule has 42 heavy (non-hydrogen) atoms. The van der Waals surface area contributed by atoms with Gasteiger partial charge in [0, 0.05) is 12.0 Å². The van der Waals surface area contributed by atoms with Gasteiger partial charge in [-0.05, 0) is 79.9 Å². The van der Waals surface area contributed by atoms with Gasteiger partial charge in [-0.1, -0.05) is 36.8 Å². The molecule has 0 spiro atoms. The van der Waals surface area contributed by atoms with Crippen LogP contribution in [0, 0.1) is 0 Å². The van der Waals surface area contributed by atoms with Gasteiger partial charge >= 0.3 is 5.91 Å². The maximum atomic E-state index is 13.7.